The number of rotatable bonds is 17. The van der Waals surface area contributed by atoms with Crippen molar-refractivity contribution in [2.45, 2.75) is 6.10 Å². The Bertz CT molecular complexity index is 412. The lowest BCUT2D eigenvalue weighted by Gasteiger charge is -2.16. The van der Waals surface area contributed by atoms with Gasteiger partial charge >= 0.3 is 5.43 Å². The molecule has 0 N–H and O–H groups in total. The summed E-state index contributed by atoms with van der Waals surface area (Å²) in [7, 11) is 0. The number of ether oxygens (including phenoxy) is 5. The third kappa shape index (κ3) is 18.4. The molecule has 0 aliphatic rings. The normalized spacial score (nSPS) is 11.2. The summed E-state index contributed by atoms with van der Waals surface area (Å²) >= 11 is 5.19. The van der Waals surface area contributed by atoms with Crippen LogP contribution in [0.4, 0.5) is 4.79 Å². The second-order valence-corrected chi connectivity index (χ2v) is 4.57. The molecule has 0 bridgehead atoms. The van der Waals surface area contributed by atoms with Crippen molar-refractivity contribution in [1.29, 1.82) is 0 Å². The number of carbonyl (C=O) groups excluding carboxylic acids is 1. The summed E-state index contributed by atoms with van der Waals surface area (Å²) < 4.78 is 25.8. The van der Waals surface area contributed by atoms with Crippen LogP contribution in [0.25, 0.3) is 20.9 Å². The first-order valence-electron chi connectivity index (χ1n) is 7.39. The van der Waals surface area contributed by atoms with E-state index in [0.29, 0.717) is 26.4 Å². The molecule has 0 atom stereocenters. The van der Waals surface area contributed by atoms with E-state index in [9.17, 15) is 4.79 Å². The first kappa shape index (κ1) is 23.2. The van der Waals surface area contributed by atoms with Crippen LogP contribution in [0, 0.1) is 0 Å². The first-order valence-corrected chi connectivity index (χ1v) is 7.77. The minimum absolute atomic E-state index is 0.0932. The van der Waals surface area contributed by atoms with Gasteiger partial charge in [-0.15, -0.1) is 0 Å². The lowest BCUT2D eigenvalue weighted by Crippen LogP contribution is -2.28. The molecule has 0 saturated heterocycles. The highest BCUT2D eigenvalue weighted by atomic mass is 35.5. The number of azide groups is 2. The summed E-state index contributed by atoms with van der Waals surface area (Å²) in [4.78, 5) is 16.0. The van der Waals surface area contributed by atoms with Gasteiger partial charge < -0.3 is 23.7 Å². The highest BCUT2D eigenvalue weighted by molar-refractivity contribution is 6.61. The number of hydrogen-bond donors (Lipinski definition) is 0. The highest BCUT2D eigenvalue weighted by Crippen LogP contribution is 2.00. The molecule has 0 rings (SSSR count). The van der Waals surface area contributed by atoms with Crippen LogP contribution in [0.3, 0.4) is 0 Å². The predicted octanol–water partition coefficient (Wildman–Crippen LogP) is 2.42. The van der Waals surface area contributed by atoms with Gasteiger partial charge in [-0.1, -0.05) is 10.2 Å². The van der Waals surface area contributed by atoms with Gasteiger partial charge in [0, 0.05) is 34.5 Å². The van der Waals surface area contributed by atoms with E-state index in [1.807, 2.05) is 0 Å². The van der Waals surface area contributed by atoms with Crippen molar-refractivity contribution in [2.24, 2.45) is 10.2 Å². The number of carbonyl (C=O) groups is 1. The van der Waals surface area contributed by atoms with Crippen LogP contribution in [0.1, 0.15) is 0 Å². The highest BCUT2D eigenvalue weighted by Gasteiger charge is 2.13. The van der Waals surface area contributed by atoms with Crippen molar-refractivity contribution < 1.29 is 28.5 Å². The van der Waals surface area contributed by atoms with E-state index >= 15 is 0 Å². The zero-order chi connectivity index (χ0) is 18.6. The third-order valence-corrected chi connectivity index (χ3v) is 2.50. The van der Waals surface area contributed by atoms with Gasteiger partial charge in [-0.05, 0) is 11.1 Å². The molecular weight excluding hydrogens is 360 g/mol. The lowest BCUT2D eigenvalue weighted by atomic mass is 10.4. The van der Waals surface area contributed by atoms with Gasteiger partial charge in [0.25, 0.3) is 0 Å². The fourth-order valence-electron chi connectivity index (χ4n) is 1.42. The smallest absolute Gasteiger partial charge is 0.404 e. The largest absolute Gasteiger partial charge is 0.445 e. The van der Waals surface area contributed by atoms with E-state index in [1.165, 1.54) is 0 Å². The summed E-state index contributed by atoms with van der Waals surface area (Å²) in [6.07, 6.45) is -0.656. The maximum atomic E-state index is 10.8. The van der Waals surface area contributed by atoms with Crippen LogP contribution in [0.2, 0.25) is 0 Å². The van der Waals surface area contributed by atoms with Gasteiger partial charge in [0.05, 0.1) is 52.9 Å². The van der Waals surface area contributed by atoms with Crippen LogP contribution in [0.15, 0.2) is 10.2 Å². The van der Waals surface area contributed by atoms with E-state index < -0.39 is 11.5 Å². The average molecular weight is 381 g/mol. The summed E-state index contributed by atoms with van der Waals surface area (Å²) in [5.74, 6) is 0. The Morgan fingerprint density at radius 3 is 1.68 bits per heavy atom. The molecule has 0 amide bonds. The van der Waals surface area contributed by atoms with E-state index in [4.69, 9.17) is 46.3 Å². The van der Waals surface area contributed by atoms with Crippen molar-refractivity contribution in [3.8, 4) is 0 Å². The molecule has 0 aromatic rings. The minimum Gasteiger partial charge on any atom is -0.445 e. The van der Waals surface area contributed by atoms with Gasteiger partial charge in [-0.2, -0.15) is 0 Å². The van der Waals surface area contributed by atoms with E-state index in [1.54, 1.807) is 0 Å². The van der Waals surface area contributed by atoms with Crippen molar-refractivity contribution in [2.75, 3.05) is 65.9 Å². The summed E-state index contributed by atoms with van der Waals surface area (Å²) in [6.45, 7) is 2.46. The summed E-state index contributed by atoms with van der Waals surface area (Å²) in [5.41, 5.74) is 15.2. The minimum atomic E-state index is -0.951. The van der Waals surface area contributed by atoms with Crippen LogP contribution in [-0.4, -0.2) is 77.5 Å². The van der Waals surface area contributed by atoms with Crippen LogP contribution in [0.5, 0.6) is 0 Å². The molecule has 12 nitrogen and oxygen atoms in total. The van der Waals surface area contributed by atoms with Crippen LogP contribution in [-0.2, 0) is 23.7 Å². The maximum Gasteiger partial charge on any atom is 0.404 e. The molecule has 0 fully saturated rings. The fourth-order valence-corrected chi connectivity index (χ4v) is 1.54. The Balaban J connectivity index is 3.69. The molecule has 0 saturated carbocycles. The molecule has 13 heteroatoms. The van der Waals surface area contributed by atoms with Gasteiger partial charge in [0.1, 0.15) is 6.10 Å². The monoisotopic (exact) mass is 380 g/mol. The first-order chi connectivity index (χ1) is 12.2. The molecular formula is C12H21ClN6O6. The van der Waals surface area contributed by atoms with Crippen LogP contribution >= 0.6 is 11.6 Å². The summed E-state index contributed by atoms with van der Waals surface area (Å²) in [5, 5.41) is 6.63. The topological polar surface area (TPSA) is 161 Å². The third-order valence-electron chi connectivity index (χ3n) is 2.41. The predicted molar refractivity (Wildman–Crippen MR) is 87.4 cm³/mol. The molecule has 0 aromatic carbocycles. The van der Waals surface area contributed by atoms with Crippen molar-refractivity contribution in [1.82, 2.24) is 0 Å². The number of hydrogen-bond acceptors (Lipinski definition) is 8. The van der Waals surface area contributed by atoms with Gasteiger partial charge in [0.2, 0.25) is 0 Å². The van der Waals surface area contributed by atoms with E-state index in [-0.39, 0.29) is 39.5 Å². The van der Waals surface area contributed by atoms with Crippen molar-refractivity contribution >= 4 is 17.0 Å². The maximum absolute atomic E-state index is 10.8. The summed E-state index contributed by atoms with van der Waals surface area (Å²) in [6, 6.07) is 0. The van der Waals surface area contributed by atoms with Gasteiger partial charge in [0.15, 0.2) is 0 Å². The SMILES string of the molecule is [N-]=[N+]=NCCOCCOCC(COCCOCCN=[N+]=[N-])OC(=O)Cl. The van der Waals surface area contributed by atoms with Crippen LogP contribution < -0.4 is 0 Å². The second kappa shape index (κ2) is 18.6. The Morgan fingerprint density at radius 2 is 1.28 bits per heavy atom. The average Bonchev–Trinajstić information content (AvgIpc) is 2.58. The molecule has 0 aliphatic carbocycles. The molecule has 142 valence electrons. The quantitative estimate of drug-likeness (QED) is 0.124. The fraction of sp³-hybridized carbons (Fsp3) is 0.917. The van der Waals surface area contributed by atoms with Gasteiger partial charge in [-0.3, -0.25) is 0 Å². The molecule has 0 unspecified atom stereocenters. The van der Waals surface area contributed by atoms with Crippen molar-refractivity contribution in [3.05, 3.63) is 20.9 Å². The second-order valence-electron chi connectivity index (χ2n) is 4.26. The number of nitrogens with zero attached hydrogens (tertiary/aromatic N) is 6. The van der Waals surface area contributed by atoms with E-state index in [0.717, 1.165) is 0 Å². The molecule has 0 radical (unpaired) electrons. The Labute approximate surface area is 149 Å². The van der Waals surface area contributed by atoms with E-state index in [2.05, 4.69) is 20.1 Å². The standard InChI is InChI=1S/C12H21ClN6O6/c13-12(20)25-11(9-23-7-5-21-3-1-16-18-14)10-24-8-6-22-4-2-17-19-15/h11H,1-10H2. The molecule has 0 spiro atoms. The zero-order valence-electron chi connectivity index (χ0n) is 13.7. The molecule has 0 aromatic heterocycles. The zero-order valence-corrected chi connectivity index (χ0v) is 14.4. The molecule has 25 heavy (non-hydrogen) atoms. The Kier molecular flexibility index (Phi) is 17.2. The van der Waals surface area contributed by atoms with Gasteiger partial charge in [-0.25, -0.2) is 4.79 Å². The van der Waals surface area contributed by atoms with Crippen molar-refractivity contribution in [3.63, 3.8) is 0 Å². The molecule has 0 aliphatic heterocycles. The molecule has 0 heterocycles. The number of halogens is 1. The Hall–Kier alpha value is -1.78. The Morgan fingerprint density at radius 1 is 0.840 bits per heavy atom. The lowest BCUT2D eigenvalue weighted by molar-refractivity contribution is -0.0415.